The number of nitrogens with two attached hydrogens (primary N) is 1. The van der Waals surface area contributed by atoms with Crippen molar-refractivity contribution < 1.29 is 9.90 Å². The van der Waals surface area contributed by atoms with Crippen LogP contribution >= 0.6 is 0 Å². The van der Waals surface area contributed by atoms with Crippen LogP contribution in [0.4, 0.5) is 0 Å². The van der Waals surface area contributed by atoms with E-state index in [1.807, 2.05) is 4.90 Å². The van der Waals surface area contributed by atoms with Crippen LogP contribution in [0.5, 0.6) is 0 Å². The van der Waals surface area contributed by atoms with E-state index in [2.05, 4.69) is 0 Å². The van der Waals surface area contributed by atoms with E-state index < -0.39 is 0 Å². The Morgan fingerprint density at radius 2 is 2.00 bits per heavy atom. The topological polar surface area (TPSA) is 66.6 Å². The number of hydrogen-bond acceptors (Lipinski definition) is 3. The van der Waals surface area contributed by atoms with E-state index in [0.717, 1.165) is 38.5 Å². The molecule has 2 rings (SSSR count). The minimum Gasteiger partial charge on any atom is -0.395 e. The van der Waals surface area contributed by atoms with Crippen molar-refractivity contribution in [1.82, 2.24) is 4.90 Å². The first-order chi connectivity index (χ1) is 7.73. The Labute approximate surface area is 96.8 Å². The molecule has 0 aliphatic heterocycles. The quantitative estimate of drug-likeness (QED) is 0.717. The van der Waals surface area contributed by atoms with Gasteiger partial charge in [-0.15, -0.1) is 0 Å². The Balaban J connectivity index is 2.07. The summed E-state index contributed by atoms with van der Waals surface area (Å²) in [5, 5.41) is 9.04. The molecule has 1 amide bonds. The van der Waals surface area contributed by atoms with Gasteiger partial charge in [-0.1, -0.05) is 12.8 Å². The van der Waals surface area contributed by atoms with E-state index in [9.17, 15) is 4.79 Å². The second-order valence-corrected chi connectivity index (χ2v) is 5.14. The highest BCUT2D eigenvalue weighted by Gasteiger charge is 2.45. The van der Waals surface area contributed by atoms with Crippen LogP contribution in [0.15, 0.2) is 0 Å². The van der Waals surface area contributed by atoms with Crippen molar-refractivity contribution in [3.05, 3.63) is 0 Å². The van der Waals surface area contributed by atoms with E-state index in [1.54, 1.807) is 0 Å². The van der Waals surface area contributed by atoms with Crippen molar-refractivity contribution in [2.75, 3.05) is 19.7 Å². The molecule has 4 nitrogen and oxygen atoms in total. The van der Waals surface area contributed by atoms with Gasteiger partial charge in [0.05, 0.1) is 12.0 Å². The van der Waals surface area contributed by atoms with Gasteiger partial charge in [0.25, 0.3) is 0 Å². The molecule has 0 aromatic heterocycles. The predicted molar refractivity (Wildman–Crippen MR) is 61.8 cm³/mol. The molecule has 4 heteroatoms. The molecule has 0 aromatic rings. The molecule has 0 spiro atoms. The minimum atomic E-state index is -0.308. The van der Waals surface area contributed by atoms with Crippen LogP contribution in [0.1, 0.15) is 38.5 Å². The van der Waals surface area contributed by atoms with Crippen molar-refractivity contribution >= 4 is 5.91 Å². The second kappa shape index (κ2) is 4.72. The molecular weight excluding hydrogens is 204 g/mol. The predicted octanol–water partition coefficient (Wildman–Crippen LogP) is 0.489. The molecule has 0 bridgehead atoms. The lowest BCUT2D eigenvalue weighted by Gasteiger charge is -2.33. The van der Waals surface area contributed by atoms with Gasteiger partial charge in [0.2, 0.25) is 5.91 Å². The van der Waals surface area contributed by atoms with Crippen LogP contribution in [0, 0.1) is 5.41 Å². The fourth-order valence-electron chi connectivity index (χ4n) is 2.81. The molecule has 0 radical (unpaired) electrons. The van der Waals surface area contributed by atoms with Gasteiger partial charge >= 0.3 is 0 Å². The molecule has 2 aliphatic rings. The van der Waals surface area contributed by atoms with Crippen LogP contribution in [0.25, 0.3) is 0 Å². The molecule has 0 atom stereocenters. The summed E-state index contributed by atoms with van der Waals surface area (Å²) < 4.78 is 0. The highest BCUT2D eigenvalue weighted by molar-refractivity contribution is 5.84. The number of carbonyl (C=O) groups excluding carboxylic acids is 1. The minimum absolute atomic E-state index is 0.0584. The summed E-state index contributed by atoms with van der Waals surface area (Å²) in [5.41, 5.74) is 5.51. The molecule has 16 heavy (non-hydrogen) atoms. The number of nitrogens with zero attached hydrogens (tertiary/aromatic N) is 1. The highest BCUT2D eigenvalue weighted by atomic mass is 16.3. The number of hydrogen-bond donors (Lipinski definition) is 2. The number of rotatable bonds is 5. The van der Waals surface area contributed by atoms with Gasteiger partial charge < -0.3 is 15.7 Å². The molecule has 0 aromatic carbocycles. The second-order valence-electron chi connectivity index (χ2n) is 5.14. The first-order valence-electron chi connectivity index (χ1n) is 6.35. The Hall–Kier alpha value is -0.610. The van der Waals surface area contributed by atoms with Crippen LogP contribution in [0.3, 0.4) is 0 Å². The van der Waals surface area contributed by atoms with Gasteiger partial charge in [0.15, 0.2) is 0 Å². The summed E-state index contributed by atoms with van der Waals surface area (Å²) in [6.45, 7) is 0.995. The van der Waals surface area contributed by atoms with Gasteiger partial charge in [-0.3, -0.25) is 4.79 Å². The summed E-state index contributed by atoms with van der Waals surface area (Å²) in [6.07, 6.45) is 6.26. The molecule has 2 saturated carbocycles. The summed E-state index contributed by atoms with van der Waals surface area (Å²) >= 11 is 0. The maximum atomic E-state index is 12.5. The molecule has 0 unspecified atom stereocenters. The zero-order valence-electron chi connectivity index (χ0n) is 9.82. The van der Waals surface area contributed by atoms with Gasteiger partial charge in [-0.2, -0.15) is 0 Å². The molecule has 0 heterocycles. The van der Waals surface area contributed by atoms with E-state index in [4.69, 9.17) is 10.8 Å². The zero-order chi connectivity index (χ0) is 11.6. The van der Waals surface area contributed by atoms with Gasteiger partial charge in [-0.05, 0) is 25.7 Å². The monoisotopic (exact) mass is 226 g/mol. The average Bonchev–Trinajstić information content (AvgIpc) is 3.02. The highest BCUT2D eigenvalue weighted by Crippen LogP contribution is 2.41. The Morgan fingerprint density at radius 1 is 1.38 bits per heavy atom. The summed E-state index contributed by atoms with van der Waals surface area (Å²) in [6, 6.07) is 0.378. The van der Waals surface area contributed by atoms with Gasteiger partial charge in [0.1, 0.15) is 0 Å². The summed E-state index contributed by atoms with van der Waals surface area (Å²) in [5.74, 6) is 0.198. The number of aliphatic hydroxyl groups excluding tert-OH is 1. The fraction of sp³-hybridized carbons (Fsp3) is 0.917. The van der Waals surface area contributed by atoms with Gasteiger partial charge in [-0.25, -0.2) is 0 Å². The third-order valence-electron chi connectivity index (χ3n) is 3.99. The van der Waals surface area contributed by atoms with Crippen molar-refractivity contribution in [2.24, 2.45) is 11.1 Å². The van der Waals surface area contributed by atoms with Gasteiger partial charge in [0, 0.05) is 19.1 Å². The molecule has 3 N–H and O–H groups in total. The van der Waals surface area contributed by atoms with E-state index >= 15 is 0 Å². The Morgan fingerprint density at radius 3 is 2.44 bits per heavy atom. The standard InChI is InChI=1S/C12H22N2O2/c13-9-12(5-1-2-6-12)11(16)14(7-8-15)10-3-4-10/h10,15H,1-9,13H2. The van der Waals surface area contributed by atoms with E-state index in [0.29, 0.717) is 19.1 Å². The molecule has 0 saturated heterocycles. The first-order valence-corrected chi connectivity index (χ1v) is 6.35. The first kappa shape index (κ1) is 11.9. The zero-order valence-corrected chi connectivity index (χ0v) is 9.82. The lowest BCUT2D eigenvalue weighted by molar-refractivity contribution is -0.142. The lowest BCUT2D eigenvalue weighted by atomic mass is 9.84. The van der Waals surface area contributed by atoms with Crippen molar-refractivity contribution in [2.45, 2.75) is 44.6 Å². The largest absolute Gasteiger partial charge is 0.395 e. The third-order valence-corrected chi connectivity index (χ3v) is 3.99. The molecule has 2 fully saturated rings. The fourth-order valence-corrected chi connectivity index (χ4v) is 2.81. The Bertz CT molecular complexity index is 258. The third kappa shape index (κ3) is 2.09. The SMILES string of the molecule is NCC1(C(=O)N(CCO)C2CC2)CCCC1. The van der Waals surface area contributed by atoms with E-state index in [1.165, 1.54) is 0 Å². The summed E-state index contributed by atoms with van der Waals surface area (Å²) in [7, 11) is 0. The normalized spacial score (nSPS) is 23.4. The lowest BCUT2D eigenvalue weighted by Crippen LogP contribution is -2.48. The van der Waals surface area contributed by atoms with Crippen molar-refractivity contribution in [3.63, 3.8) is 0 Å². The van der Waals surface area contributed by atoms with Crippen LogP contribution in [0.2, 0.25) is 0 Å². The number of aliphatic hydroxyl groups is 1. The number of amides is 1. The number of carbonyl (C=O) groups is 1. The maximum Gasteiger partial charge on any atom is 0.230 e. The van der Waals surface area contributed by atoms with Crippen LogP contribution in [-0.4, -0.2) is 41.7 Å². The van der Waals surface area contributed by atoms with E-state index in [-0.39, 0.29) is 17.9 Å². The van der Waals surface area contributed by atoms with Crippen molar-refractivity contribution in [1.29, 1.82) is 0 Å². The molecule has 2 aliphatic carbocycles. The molecule has 92 valence electrons. The van der Waals surface area contributed by atoms with Crippen LogP contribution in [-0.2, 0) is 4.79 Å². The average molecular weight is 226 g/mol. The Kier molecular flexibility index (Phi) is 3.50. The summed E-state index contributed by atoms with van der Waals surface area (Å²) in [4.78, 5) is 14.4. The maximum absolute atomic E-state index is 12.5. The van der Waals surface area contributed by atoms with Crippen molar-refractivity contribution in [3.8, 4) is 0 Å². The molecular formula is C12H22N2O2. The van der Waals surface area contributed by atoms with Crippen LogP contribution < -0.4 is 5.73 Å². The smallest absolute Gasteiger partial charge is 0.230 e.